The first-order chi connectivity index (χ1) is 6.06. The number of hydrogen-bond acceptors (Lipinski definition) is 2. The zero-order valence-electron chi connectivity index (χ0n) is 7.91. The molecule has 13 heavy (non-hydrogen) atoms. The first kappa shape index (κ1) is 11.7. The van der Waals surface area contributed by atoms with Gasteiger partial charge in [-0.25, -0.2) is 0 Å². The number of rotatable bonds is 5. The van der Waals surface area contributed by atoms with E-state index in [9.17, 15) is 9.59 Å². The number of amides is 1. The van der Waals surface area contributed by atoms with Gasteiger partial charge in [0.2, 0.25) is 5.91 Å². The molecule has 0 aromatic carbocycles. The third-order valence-corrected chi connectivity index (χ3v) is 1.47. The summed E-state index contributed by atoms with van der Waals surface area (Å²) < 4.78 is 0. The maximum absolute atomic E-state index is 10.9. The molecule has 4 heteroatoms. The number of carbonyl (C=O) groups is 2. The Balaban J connectivity index is 3.63. The molecule has 0 saturated heterocycles. The number of carbonyl (C=O) groups excluding carboxylic acids is 1. The quantitative estimate of drug-likeness (QED) is 0.622. The van der Waals surface area contributed by atoms with E-state index in [-0.39, 0.29) is 18.2 Å². The predicted molar refractivity (Wildman–Crippen MR) is 49.2 cm³/mol. The Bertz CT molecular complexity index is 211. The van der Waals surface area contributed by atoms with Gasteiger partial charge in [-0.1, -0.05) is 13.0 Å². The molecule has 0 heterocycles. The van der Waals surface area contributed by atoms with Crippen molar-refractivity contribution in [2.75, 3.05) is 6.54 Å². The summed E-state index contributed by atoms with van der Waals surface area (Å²) in [6, 6.07) is 0. The van der Waals surface area contributed by atoms with Gasteiger partial charge in [-0.2, -0.15) is 0 Å². The van der Waals surface area contributed by atoms with Crippen molar-refractivity contribution in [3.63, 3.8) is 0 Å². The third kappa shape index (κ3) is 7.05. The van der Waals surface area contributed by atoms with Crippen molar-refractivity contribution >= 4 is 11.9 Å². The average Bonchev–Trinajstić information content (AvgIpc) is 2.00. The van der Waals surface area contributed by atoms with Gasteiger partial charge in [-0.15, -0.1) is 0 Å². The lowest BCUT2D eigenvalue weighted by atomic mass is 10.1. The molecular formula is C9H15NO3. The molecule has 0 fully saturated rings. The lowest BCUT2D eigenvalue weighted by molar-refractivity contribution is -0.138. The highest BCUT2D eigenvalue weighted by Gasteiger charge is 2.07. The molecule has 2 N–H and O–H groups in total. The van der Waals surface area contributed by atoms with Gasteiger partial charge in [-0.3, -0.25) is 9.59 Å². The second-order valence-corrected chi connectivity index (χ2v) is 2.95. The summed E-state index contributed by atoms with van der Waals surface area (Å²) in [7, 11) is 0. The van der Waals surface area contributed by atoms with Gasteiger partial charge in [0.05, 0.1) is 0 Å². The highest BCUT2D eigenvalue weighted by molar-refractivity contribution is 5.87. The fraction of sp³-hybridized carbons (Fsp3) is 0.556. The van der Waals surface area contributed by atoms with E-state index in [0.29, 0.717) is 6.54 Å². The molecule has 0 aliphatic carbocycles. The third-order valence-electron chi connectivity index (χ3n) is 1.47. The van der Waals surface area contributed by atoms with Gasteiger partial charge in [0.1, 0.15) is 0 Å². The predicted octanol–water partition coefficient (Wildman–Crippen LogP) is 0.790. The smallest absolute Gasteiger partial charge is 0.303 e. The number of hydrogen-bond donors (Lipinski definition) is 2. The first-order valence-corrected chi connectivity index (χ1v) is 4.18. The topological polar surface area (TPSA) is 66.4 Å². The van der Waals surface area contributed by atoms with E-state index in [1.54, 1.807) is 19.9 Å². The van der Waals surface area contributed by atoms with Crippen molar-refractivity contribution in [3.05, 3.63) is 12.2 Å². The molecule has 0 spiro atoms. The lowest BCUT2D eigenvalue weighted by Crippen LogP contribution is -2.27. The Morgan fingerprint density at radius 3 is 2.62 bits per heavy atom. The average molecular weight is 185 g/mol. The molecule has 0 bridgehead atoms. The summed E-state index contributed by atoms with van der Waals surface area (Å²) in [6.45, 7) is 3.93. The minimum absolute atomic E-state index is 0.0355. The summed E-state index contributed by atoms with van der Waals surface area (Å²) in [5.74, 6) is -1.06. The van der Waals surface area contributed by atoms with E-state index in [0.717, 1.165) is 0 Å². The maximum Gasteiger partial charge on any atom is 0.303 e. The van der Waals surface area contributed by atoms with Gasteiger partial charge in [0, 0.05) is 13.0 Å². The zero-order valence-corrected chi connectivity index (χ0v) is 7.91. The van der Waals surface area contributed by atoms with E-state index in [2.05, 4.69) is 5.32 Å². The van der Waals surface area contributed by atoms with Crippen molar-refractivity contribution in [2.24, 2.45) is 5.92 Å². The first-order valence-electron chi connectivity index (χ1n) is 4.18. The minimum Gasteiger partial charge on any atom is -0.481 e. The number of nitrogens with one attached hydrogen (secondary N) is 1. The van der Waals surface area contributed by atoms with Crippen LogP contribution in [0.1, 0.15) is 20.3 Å². The summed E-state index contributed by atoms with van der Waals surface area (Å²) in [4.78, 5) is 21.1. The molecule has 1 unspecified atom stereocenters. The van der Waals surface area contributed by atoms with E-state index in [1.807, 2.05) is 0 Å². The maximum atomic E-state index is 10.9. The Labute approximate surface area is 77.6 Å². The highest BCUT2D eigenvalue weighted by atomic mass is 16.4. The van der Waals surface area contributed by atoms with Crippen LogP contribution < -0.4 is 5.32 Å². The van der Waals surface area contributed by atoms with Gasteiger partial charge >= 0.3 is 5.97 Å². The Kier molecular flexibility index (Phi) is 5.59. The summed E-state index contributed by atoms with van der Waals surface area (Å²) in [5, 5.41) is 11.0. The molecule has 1 atom stereocenters. The van der Waals surface area contributed by atoms with Crippen molar-refractivity contribution < 1.29 is 14.7 Å². The molecule has 0 radical (unpaired) electrons. The summed E-state index contributed by atoms with van der Waals surface area (Å²) in [6.07, 6.45) is 3.13. The van der Waals surface area contributed by atoms with E-state index in [1.165, 1.54) is 6.08 Å². The van der Waals surface area contributed by atoms with Crippen molar-refractivity contribution in [3.8, 4) is 0 Å². The molecular weight excluding hydrogens is 170 g/mol. The number of aliphatic carboxylic acids is 1. The molecule has 0 aromatic heterocycles. The van der Waals surface area contributed by atoms with Crippen molar-refractivity contribution in [1.29, 1.82) is 0 Å². The fourth-order valence-corrected chi connectivity index (χ4v) is 0.855. The van der Waals surface area contributed by atoms with E-state index >= 15 is 0 Å². The van der Waals surface area contributed by atoms with Gasteiger partial charge in [0.25, 0.3) is 0 Å². The standard InChI is InChI=1S/C9H15NO3/c1-3-4-8(11)10-6-7(2)5-9(12)13/h3-4,7H,5-6H2,1-2H3,(H,10,11)(H,12,13)/b4-3+. The molecule has 0 aliphatic rings. The normalized spacial score (nSPS) is 12.8. The van der Waals surface area contributed by atoms with Crippen LogP contribution in [0.4, 0.5) is 0 Å². The Morgan fingerprint density at radius 1 is 1.54 bits per heavy atom. The van der Waals surface area contributed by atoms with E-state index < -0.39 is 5.97 Å². The summed E-state index contributed by atoms with van der Waals surface area (Å²) >= 11 is 0. The van der Waals surface area contributed by atoms with Crippen LogP contribution in [0.3, 0.4) is 0 Å². The SMILES string of the molecule is C/C=C/C(=O)NCC(C)CC(=O)O. The monoisotopic (exact) mass is 185 g/mol. The van der Waals surface area contributed by atoms with Gasteiger partial charge in [0.15, 0.2) is 0 Å². The fourth-order valence-electron chi connectivity index (χ4n) is 0.855. The van der Waals surface area contributed by atoms with Crippen LogP contribution >= 0.6 is 0 Å². The highest BCUT2D eigenvalue weighted by Crippen LogP contribution is 1.98. The molecule has 0 saturated carbocycles. The minimum atomic E-state index is -0.840. The zero-order chi connectivity index (χ0) is 10.3. The molecule has 0 rings (SSSR count). The molecule has 0 aliphatic heterocycles. The van der Waals surface area contributed by atoms with Crippen LogP contribution in [0, 0.1) is 5.92 Å². The Morgan fingerprint density at radius 2 is 2.15 bits per heavy atom. The summed E-state index contributed by atoms with van der Waals surface area (Å²) in [5.41, 5.74) is 0. The molecule has 1 amide bonds. The number of allylic oxidation sites excluding steroid dienone is 1. The van der Waals surface area contributed by atoms with Crippen LogP contribution in [-0.4, -0.2) is 23.5 Å². The second kappa shape index (κ2) is 6.22. The van der Waals surface area contributed by atoms with Crippen LogP contribution in [0.15, 0.2) is 12.2 Å². The van der Waals surface area contributed by atoms with Crippen LogP contribution in [0.2, 0.25) is 0 Å². The van der Waals surface area contributed by atoms with Gasteiger partial charge < -0.3 is 10.4 Å². The lowest BCUT2D eigenvalue weighted by Gasteiger charge is -2.08. The van der Waals surface area contributed by atoms with Crippen LogP contribution in [0.25, 0.3) is 0 Å². The number of carboxylic acid groups (broad SMARTS) is 1. The molecule has 4 nitrogen and oxygen atoms in total. The molecule has 0 aromatic rings. The van der Waals surface area contributed by atoms with Crippen molar-refractivity contribution in [1.82, 2.24) is 5.32 Å². The second-order valence-electron chi connectivity index (χ2n) is 2.95. The van der Waals surface area contributed by atoms with Crippen LogP contribution in [0.5, 0.6) is 0 Å². The number of carboxylic acids is 1. The van der Waals surface area contributed by atoms with Crippen molar-refractivity contribution in [2.45, 2.75) is 20.3 Å². The largest absolute Gasteiger partial charge is 0.481 e. The van der Waals surface area contributed by atoms with Gasteiger partial charge in [-0.05, 0) is 18.9 Å². The molecule has 74 valence electrons. The Hall–Kier alpha value is -1.32. The van der Waals surface area contributed by atoms with Crippen LogP contribution in [-0.2, 0) is 9.59 Å². The van der Waals surface area contributed by atoms with E-state index in [4.69, 9.17) is 5.11 Å².